The van der Waals surface area contributed by atoms with E-state index < -0.39 is 0 Å². The average molecular weight is 344 g/mol. The third-order valence-electron chi connectivity index (χ3n) is 5.05. The van der Waals surface area contributed by atoms with Crippen molar-refractivity contribution in [3.8, 4) is 22.4 Å². The number of pyridine rings is 1. The van der Waals surface area contributed by atoms with Crippen LogP contribution in [0.5, 0.6) is 0 Å². The van der Waals surface area contributed by atoms with Crippen molar-refractivity contribution in [3.63, 3.8) is 0 Å². The molecule has 4 heterocycles. The van der Waals surface area contributed by atoms with E-state index in [1.165, 1.54) is 12.8 Å². The molecule has 0 spiro atoms. The molecule has 6 heteroatoms. The highest BCUT2D eigenvalue weighted by atomic mass is 15.2. The maximum Gasteiger partial charge on any atom is 0.129 e. The minimum Gasteiger partial charge on any atom is -0.357 e. The monoisotopic (exact) mass is 344 g/mol. The van der Waals surface area contributed by atoms with Crippen molar-refractivity contribution in [2.75, 3.05) is 18.0 Å². The van der Waals surface area contributed by atoms with Crippen molar-refractivity contribution in [3.05, 3.63) is 48.9 Å². The van der Waals surface area contributed by atoms with Gasteiger partial charge in [0.25, 0.3) is 0 Å². The second-order valence-corrected chi connectivity index (χ2v) is 6.83. The summed E-state index contributed by atoms with van der Waals surface area (Å²) in [5, 5.41) is 13.1. The summed E-state index contributed by atoms with van der Waals surface area (Å²) in [6.45, 7) is 2.17. The van der Waals surface area contributed by atoms with Gasteiger partial charge in [0, 0.05) is 49.0 Å². The van der Waals surface area contributed by atoms with Gasteiger partial charge in [0.05, 0.1) is 11.7 Å². The van der Waals surface area contributed by atoms with Gasteiger partial charge in [0.1, 0.15) is 11.5 Å². The summed E-state index contributed by atoms with van der Waals surface area (Å²) in [6.07, 6.45) is 8.28. The van der Waals surface area contributed by atoms with Crippen LogP contribution in [0.1, 0.15) is 12.8 Å². The third-order valence-corrected chi connectivity index (χ3v) is 5.05. The van der Waals surface area contributed by atoms with Crippen molar-refractivity contribution >= 4 is 16.7 Å². The molecule has 26 heavy (non-hydrogen) atoms. The summed E-state index contributed by atoms with van der Waals surface area (Å²) in [6, 6.07) is 10.5. The summed E-state index contributed by atoms with van der Waals surface area (Å²) < 4.78 is 1.82. The lowest BCUT2D eigenvalue weighted by Gasteiger charge is -2.16. The number of benzene rings is 1. The predicted octanol–water partition coefficient (Wildman–Crippen LogP) is 3.63. The molecule has 0 aliphatic carbocycles. The SMILES string of the molecule is Cn1cc(-c2ccc3[nH]nc(-c4ccnc(N5CCCC5)c4)c3c2)cn1. The van der Waals surface area contributed by atoms with E-state index in [9.17, 15) is 0 Å². The molecule has 0 bridgehead atoms. The van der Waals surface area contributed by atoms with Crippen LogP contribution in [0.3, 0.4) is 0 Å². The molecule has 1 N–H and O–H groups in total. The molecular weight excluding hydrogens is 324 g/mol. The van der Waals surface area contributed by atoms with Crippen molar-refractivity contribution < 1.29 is 0 Å². The van der Waals surface area contributed by atoms with Crippen LogP contribution in [0.4, 0.5) is 5.82 Å². The van der Waals surface area contributed by atoms with Gasteiger partial charge in [0.15, 0.2) is 0 Å². The maximum absolute atomic E-state index is 4.58. The Morgan fingerprint density at radius 1 is 1.00 bits per heavy atom. The number of aromatic nitrogens is 5. The zero-order valence-corrected chi connectivity index (χ0v) is 14.7. The highest BCUT2D eigenvalue weighted by Gasteiger charge is 2.16. The van der Waals surface area contributed by atoms with Gasteiger partial charge >= 0.3 is 0 Å². The van der Waals surface area contributed by atoms with E-state index in [2.05, 4.69) is 49.4 Å². The number of nitrogens with one attached hydrogen (secondary N) is 1. The average Bonchev–Trinajstić information content (AvgIpc) is 3.42. The number of H-pyrrole nitrogens is 1. The Bertz CT molecular complexity index is 1070. The highest BCUT2D eigenvalue weighted by molar-refractivity contribution is 5.95. The summed E-state index contributed by atoms with van der Waals surface area (Å²) in [5.41, 5.74) is 5.34. The van der Waals surface area contributed by atoms with Gasteiger partial charge in [-0.1, -0.05) is 6.07 Å². The number of rotatable bonds is 3. The van der Waals surface area contributed by atoms with E-state index in [0.29, 0.717) is 0 Å². The lowest BCUT2D eigenvalue weighted by Crippen LogP contribution is -2.18. The number of anilines is 1. The summed E-state index contributed by atoms with van der Waals surface area (Å²) in [7, 11) is 1.93. The summed E-state index contributed by atoms with van der Waals surface area (Å²) in [5.74, 6) is 1.04. The quantitative estimate of drug-likeness (QED) is 0.616. The summed E-state index contributed by atoms with van der Waals surface area (Å²) in [4.78, 5) is 6.90. The van der Waals surface area contributed by atoms with Crippen molar-refractivity contribution in [2.45, 2.75) is 12.8 Å². The van der Waals surface area contributed by atoms with Crippen molar-refractivity contribution in [1.82, 2.24) is 25.0 Å². The molecule has 0 saturated carbocycles. The third kappa shape index (κ3) is 2.54. The van der Waals surface area contributed by atoms with Gasteiger partial charge < -0.3 is 4.90 Å². The Labute approximate surface area is 151 Å². The van der Waals surface area contributed by atoms with Crippen LogP contribution in [0, 0.1) is 0 Å². The molecule has 130 valence electrons. The Kier molecular flexibility index (Phi) is 3.48. The largest absolute Gasteiger partial charge is 0.357 e. The standard InChI is InChI=1S/C20H20N6/c1-25-13-16(12-22-25)14-4-5-18-17(10-14)20(24-23-18)15-6-7-21-19(11-15)26-8-2-3-9-26/h4-7,10-13H,2-3,8-9H2,1H3,(H,23,24). The molecule has 5 rings (SSSR count). The molecule has 0 radical (unpaired) electrons. The second-order valence-electron chi connectivity index (χ2n) is 6.83. The van der Waals surface area contributed by atoms with Gasteiger partial charge in [-0.2, -0.15) is 10.2 Å². The van der Waals surface area contributed by atoms with E-state index in [0.717, 1.165) is 52.2 Å². The van der Waals surface area contributed by atoms with Gasteiger partial charge in [0.2, 0.25) is 0 Å². The minimum atomic E-state index is 0.966. The topological polar surface area (TPSA) is 62.6 Å². The maximum atomic E-state index is 4.58. The normalized spacial score (nSPS) is 14.4. The van der Waals surface area contributed by atoms with Gasteiger partial charge in [-0.25, -0.2) is 4.98 Å². The van der Waals surface area contributed by atoms with Gasteiger partial charge in [-0.15, -0.1) is 0 Å². The van der Waals surface area contributed by atoms with Crippen molar-refractivity contribution in [1.29, 1.82) is 0 Å². The number of aromatic amines is 1. The van der Waals surface area contributed by atoms with E-state index >= 15 is 0 Å². The van der Waals surface area contributed by atoms with Crippen LogP contribution in [0.2, 0.25) is 0 Å². The van der Waals surface area contributed by atoms with Crippen LogP contribution in [0.15, 0.2) is 48.9 Å². The van der Waals surface area contributed by atoms with Crippen LogP contribution < -0.4 is 4.90 Å². The molecule has 0 amide bonds. The van der Waals surface area contributed by atoms with E-state index in [1.54, 1.807) is 0 Å². The number of nitrogens with zero attached hydrogens (tertiary/aromatic N) is 5. The molecule has 0 atom stereocenters. The Hall–Kier alpha value is -3.15. The first kappa shape index (κ1) is 15.1. The number of aryl methyl sites for hydroxylation is 1. The molecule has 1 aliphatic heterocycles. The fourth-order valence-electron chi connectivity index (χ4n) is 3.67. The lowest BCUT2D eigenvalue weighted by atomic mass is 10.0. The highest BCUT2D eigenvalue weighted by Crippen LogP contribution is 2.31. The lowest BCUT2D eigenvalue weighted by molar-refractivity contribution is 0.768. The zero-order chi connectivity index (χ0) is 17.5. The zero-order valence-electron chi connectivity index (χ0n) is 14.7. The molecule has 1 aliphatic rings. The fraction of sp³-hybridized carbons (Fsp3) is 0.250. The summed E-state index contributed by atoms with van der Waals surface area (Å²) >= 11 is 0. The van der Waals surface area contributed by atoms with Gasteiger partial charge in [-0.3, -0.25) is 9.78 Å². The first-order valence-corrected chi connectivity index (χ1v) is 8.96. The van der Waals surface area contributed by atoms with E-state index in [4.69, 9.17) is 0 Å². The van der Waals surface area contributed by atoms with Crippen LogP contribution in [0.25, 0.3) is 33.3 Å². The fourth-order valence-corrected chi connectivity index (χ4v) is 3.67. The molecule has 6 nitrogen and oxygen atoms in total. The van der Waals surface area contributed by atoms with Crippen molar-refractivity contribution in [2.24, 2.45) is 7.05 Å². The van der Waals surface area contributed by atoms with Crippen LogP contribution in [-0.2, 0) is 7.05 Å². The Morgan fingerprint density at radius 2 is 1.88 bits per heavy atom. The molecule has 1 saturated heterocycles. The van der Waals surface area contributed by atoms with E-state index in [1.807, 2.05) is 36.4 Å². The van der Waals surface area contributed by atoms with E-state index in [-0.39, 0.29) is 0 Å². The molecule has 3 aromatic heterocycles. The minimum absolute atomic E-state index is 0.966. The Morgan fingerprint density at radius 3 is 2.69 bits per heavy atom. The molecular formula is C20H20N6. The molecule has 1 fully saturated rings. The second kappa shape index (κ2) is 5.98. The smallest absolute Gasteiger partial charge is 0.129 e. The number of hydrogen-bond acceptors (Lipinski definition) is 4. The number of hydrogen-bond donors (Lipinski definition) is 1. The number of fused-ring (bicyclic) bond motifs is 1. The van der Waals surface area contributed by atoms with Crippen LogP contribution >= 0.6 is 0 Å². The first-order chi connectivity index (χ1) is 12.8. The van der Waals surface area contributed by atoms with Gasteiger partial charge in [-0.05, 0) is 42.7 Å². The van der Waals surface area contributed by atoms with Crippen LogP contribution in [-0.4, -0.2) is 38.1 Å². The molecule has 4 aromatic rings. The first-order valence-electron chi connectivity index (χ1n) is 8.96. The Balaban J connectivity index is 1.59. The predicted molar refractivity (Wildman–Crippen MR) is 103 cm³/mol. The molecule has 1 aromatic carbocycles. The molecule has 0 unspecified atom stereocenters.